The van der Waals surface area contributed by atoms with E-state index >= 15 is 0 Å². The summed E-state index contributed by atoms with van der Waals surface area (Å²) in [7, 11) is 0. The van der Waals surface area contributed by atoms with Crippen molar-refractivity contribution < 1.29 is 9.59 Å². The highest BCUT2D eigenvalue weighted by Crippen LogP contribution is 2.34. The van der Waals surface area contributed by atoms with Gasteiger partial charge in [-0.2, -0.15) is 0 Å². The Balaban J connectivity index is 1.89. The number of ketones is 2. The van der Waals surface area contributed by atoms with Crippen molar-refractivity contribution in [1.29, 1.82) is 0 Å². The molecule has 0 radical (unpaired) electrons. The summed E-state index contributed by atoms with van der Waals surface area (Å²) in [6.07, 6.45) is 5.15. The van der Waals surface area contributed by atoms with Gasteiger partial charge in [-0.3, -0.25) is 9.59 Å². The molecule has 0 N–H and O–H groups in total. The fourth-order valence-corrected chi connectivity index (χ4v) is 3.17. The van der Waals surface area contributed by atoms with Crippen LogP contribution >= 0.6 is 0 Å². The Hall–Kier alpha value is -2.48. The van der Waals surface area contributed by atoms with Crippen LogP contribution in [0.15, 0.2) is 60.7 Å². The van der Waals surface area contributed by atoms with Gasteiger partial charge >= 0.3 is 0 Å². The summed E-state index contributed by atoms with van der Waals surface area (Å²) in [5.74, 6) is 0.0794. The first-order valence-electron chi connectivity index (χ1n) is 8.07. The molecule has 116 valence electrons. The van der Waals surface area contributed by atoms with Gasteiger partial charge in [0.05, 0.1) is 0 Å². The summed E-state index contributed by atoms with van der Waals surface area (Å²) in [5.41, 5.74) is 3.59. The second kappa shape index (κ2) is 6.74. The minimum atomic E-state index is -0.0886. The van der Waals surface area contributed by atoms with Gasteiger partial charge in [-0.05, 0) is 37.3 Å². The molecule has 0 spiro atoms. The van der Waals surface area contributed by atoms with Crippen LogP contribution in [0, 0.1) is 5.92 Å². The number of allylic oxidation sites excluding steroid dienone is 2. The predicted octanol–water partition coefficient (Wildman–Crippen LogP) is 4.96. The van der Waals surface area contributed by atoms with Gasteiger partial charge in [0.25, 0.3) is 0 Å². The zero-order valence-electron chi connectivity index (χ0n) is 13.3. The van der Waals surface area contributed by atoms with Crippen LogP contribution in [0.3, 0.4) is 0 Å². The first-order chi connectivity index (χ1) is 11.2. The smallest absolute Gasteiger partial charge is 0.170 e. The molecule has 0 fully saturated rings. The molecule has 2 nitrogen and oxygen atoms in total. The summed E-state index contributed by atoms with van der Waals surface area (Å²) in [5, 5.41) is 0. The number of hydrogen-bond donors (Lipinski definition) is 0. The molecular formula is C21H20O2. The zero-order chi connectivity index (χ0) is 16.2. The predicted molar refractivity (Wildman–Crippen MR) is 92.5 cm³/mol. The topological polar surface area (TPSA) is 34.1 Å². The van der Waals surface area contributed by atoms with Gasteiger partial charge in [0.1, 0.15) is 0 Å². The monoisotopic (exact) mass is 304 g/mol. The van der Waals surface area contributed by atoms with E-state index in [0.29, 0.717) is 11.1 Å². The summed E-state index contributed by atoms with van der Waals surface area (Å²) < 4.78 is 0. The number of benzene rings is 2. The quantitative estimate of drug-likeness (QED) is 0.748. The molecule has 0 heterocycles. The second-order valence-electron chi connectivity index (χ2n) is 6.01. The molecule has 0 saturated heterocycles. The fourth-order valence-electron chi connectivity index (χ4n) is 3.17. The second-order valence-corrected chi connectivity index (χ2v) is 6.01. The van der Waals surface area contributed by atoms with Crippen molar-refractivity contribution in [2.24, 2.45) is 5.92 Å². The molecule has 3 rings (SSSR count). The normalized spacial score (nSPS) is 17.4. The van der Waals surface area contributed by atoms with Crippen LogP contribution in [0.1, 0.15) is 52.5 Å². The van der Waals surface area contributed by atoms with Gasteiger partial charge in [0.15, 0.2) is 11.6 Å². The molecule has 2 aromatic rings. The molecule has 0 bridgehead atoms. The van der Waals surface area contributed by atoms with Crippen LogP contribution in [0.5, 0.6) is 0 Å². The van der Waals surface area contributed by atoms with Crippen LogP contribution in [-0.2, 0) is 0 Å². The Labute approximate surface area is 136 Å². The zero-order valence-corrected chi connectivity index (χ0v) is 13.3. The Kier molecular flexibility index (Phi) is 4.52. The largest absolute Gasteiger partial charge is 0.295 e. The maximum absolute atomic E-state index is 12.9. The Bertz CT molecular complexity index is 739. The van der Waals surface area contributed by atoms with E-state index in [-0.39, 0.29) is 17.5 Å². The lowest BCUT2D eigenvalue weighted by Gasteiger charge is -2.23. The third kappa shape index (κ3) is 3.31. The summed E-state index contributed by atoms with van der Waals surface area (Å²) >= 11 is 0. The molecule has 2 aromatic carbocycles. The van der Waals surface area contributed by atoms with Crippen LogP contribution in [0.25, 0.3) is 5.57 Å². The van der Waals surface area contributed by atoms with Gasteiger partial charge in [-0.25, -0.2) is 0 Å². The minimum Gasteiger partial charge on any atom is -0.295 e. The summed E-state index contributed by atoms with van der Waals surface area (Å²) in [6, 6.07) is 17.2. The van der Waals surface area contributed by atoms with Crippen molar-refractivity contribution in [2.75, 3.05) is 0 Å². The van der Waals surface area contributed by atoms with E-state index in [4.69, 9.17) is 0 Å². The van der Waals surface area contributed by atoms with E-state index < -0.39 is 0 Å². The molecule has 0 amide bonds. The number of carbonyl (C=O) groups excluding carboxylic acids is 2. The molecule has 1 aliphatic rings. The average molecular weight is 304 g/mol. The molecule has 0 aliphatic heterocycles. The maximum Gasteiger partial charge on any atom is 0.170 e. The van der Waals surface area contributed by atoms with Crippen molar-refractivity contribution in [3.05, 3.63) is 77.4 Å². The summed E-state index contributed by atoms with van der Waals surface area (Å²) in [4.78, 5) is 24.3. The van der Waals surface area contributed by atoms with Gasteiger partial charge in [0, 0.05) is 17.0 Å². The molecule has 0 aromatic heterocycles. The van der Waals surface area contributed by atoms with E-state index in [1.54, 1.807) is 24.3 Å². The number of carbonyl (C=O) groups is 2. The lowest BCUT2D eigenvalue weighted by Crippen LogP contribution is -2.19. The standard InChI is InChI=1S/C21H20O2/c1-15(22)16-11-13-18(14-12-16)21(23)20-10-6-5-9-19(20)17-7-3-2-4-8-17/h2-4,7-9,11-14,20H,5-6,10H2,1H3. The lowest BCUT2D eigenvalue weighted by atomic mass is 9.79. The van der Waals surface area contributed by atoms with E-state index in [1.165, 1.54) is 6.92 Å². The van der Waals surface area contributed by atoms with Crippen LogP contribution in [-0.4, -0.2) is 11.6 Å². The number of rotatable bonds is 4. The number of Topliss-reactive ketones (excluding diaryl/α,β-unsaturated/α-hetero) is 2. The van der Waals surface area contributed by atoms with Crippen molar-refractivity contribution in [1.82, 2.24) is 0 Å². The molecule has 1 unspecified atom stereocenters. The molecule has 0 saturated carbocycles. The van der Waals surface area contributed by atoms with E-state index in [2.05, 4.69) is 18.2 Å². The molecule has 1 aliphatic carbocycles. The molecule has 23 heavy (non-hydrogen) atoms. The van der Waals surface area contributed by atoms with Crippen molar-refractivity contribution >= 4 is 17.1 Å². The van der Waals surface area contributed by atoms with Gasteiger partial charge in [-0.1, -0.05) is 60.7 Å². The average Bonchev–Trinajstić information content (AvgIpc) is 2.62. The minimum absolute atomic E-state index is 0.0199. The van der Waals surface area contributed by atoms with Crippen molar-refractivity contribution in [3.8, 4) is 0 Å². The highest BCUT2D eigenvalue weighted by molar-refractivity contribution is 6.05. The first kappa shape index (κ1) is 15.4. The number of hydrogen-bond acceptors (Lipinski definition) is 2. The van der Waals surface area contributed by atoms with E-state index in [0.717, 1.165) is 30.4 Å². The van der Waals surface area contributed by atoms with Crippen LogP contribution in [0.4, 0.5) is 0 Å². The third-order valence-electron chi connectivity index (χ3n) is 4.44. The first-order valence-corrected chi connectivity index (χ1v) is 8.07. The fraction of sp³-hybridized carbons (Fsp3) is 0.238. The molecule has 2 heteroatoms. The van der Waals surface area contributed by atoms with Crippen LogP contribution in [0.2, 0.25) is 0 Å². The molecular weight excluding hydrogens is 284 g/mol. The Morgan fingerprint density at radius 2 is 1.57 bits per heavy atom. The third-order valence-corrected chi connectivity index (χ3v) is 4.44. The van der Waals surface area contributed by atoms with Gasteiger partial charge < -0.3 is 0 Å². The van der Waals surface area contributed by atoms with E-state index in [1.807, 2.05) is 18.2 Å². The van der Waals surface area contributed by atoms with Crippen molar-refractivity contribution in [2.45, 2.75) is 26.2 Å². The maximum atomic E-state index is 12.9. The highest BCUT2D eigenvalue weighted by Gasteiger charge is 2.26. The summed E-state index contributed by atoms with van der Waals surface area (Å²) in [6.45, 7) is 1.54. The van der Waals surface area contributed by atoms with Gasteiger partial charge in [-0.15, -0.1) is 0 Å². The highest BCUT2D eigenvalue weighted by atomic mass is 16.1. The molecule has 1 atom stereocenters. The Morgan fingerprint density at radius 1 is 0.913 bits per heavy atom. The Morgan fingerprint density at radius 3 is 2.22 bits per heavy atom. The van der Waals surface area contributed by atoms with E-state index in [9.17, 15) is 9.59 Å². The van der Waals surface area contributed by atoms with Gasteiger partial charge in [0.2, 0.25) is 0 Å². The van der Waals surface area contributed by atoms with Crippen LogP contribution < -0.4 is 0 Å². The SMILES string of the molecule is CC(=O)c1ccc(C(=O)C2CCCC=C2c2ccccc2)cc1. The lowest BCUT2D eigenvalue weighted by molar-refractivity contribution is 0.0940. The van der Waals surface area contributed by atoms with Crippen molar-refractivity contribution in [3.63, 3.8) is 0 Å².